The van der Waals surface area contributed by atoms with Crippen molar-refractivity contribution in [3.8, 4) is 5.69 Å². The number of rotatable bonds is 4. The summed E-state index contributed by atoms with van der Waals surface area (Å²) in [6, 6.07) is 9.91. The van der Waals surface area contributed by atoms with Crippen LogP contribution in [0.25, 0.3) is 5.69 Å². The molecule has 0 atom stereocenters. The van der Waals surface area contributed by atoms with Gasteiger partial charge in [0.15, 0.2) is 5.82 Å². The average molecular weight is 387 g/mol. The molecule has 0 aliphatic rings. The minimum absolute atomic E-state index is 0.0687. The Morgan fingerprint density at radius 1 is 0.852 bits per heavy atom. The minimum atomic E-state index is -4.91. The molecular weight excluding hydrogens is 376 g/mol. The molecule has 1 aromatic heterocycles. The van der Waals surface area contributed by atoms with Crippen LogP contribution in [0.15, 0.2) is 48.5 Å². The molecule has 0 amide bonds. The Kier molecular flexibility index (Phi) is 4.77. The van der Waals surface area contributed by atoms with E-state index in [1.54, 1.807) is 30.3 Å². The average Bonchev–Trinajstić information content (AvgIpc) is 3.07. The molecule has 0 spiro atoms. The molecule has 0 aliphatic carbocycles. The predicted molar refractivity (Wildman–Crippen MR) is 82.9 cm³/mol. The van der Waals surface area contributed by atoms with Gasteiger partial charge in [-0.05, 0) is 40.8 Å². The third-order valence-electron chi connectivity index (χ3n) is 3.57. The molecule has 0 unspecified atom stereocenters. The van der Waals surface area contributed by atoms with Crippen molar-refractivity contribution < 1.29 is 26.3 Å². The van der Waals surface area contributed by atoms with Crippen LogP contribution in [0.1, 0.15) is 17.0 Å². The van der Waals surface area contributed by atoms with Gasteiger partial charge in [0.25, 0.3) is 0 Å². The van der Waals surface area contributed by atoms with Gasteiger partial charge >= 0.3 is 12.4 Å². The van der Waals surface area contributed by atoms with Crippen molar-refractivity contribution in [2.24, 2.45) is 0 Å². The van der Waals surface area contributed by atoms with Gasteiger partial charge in [-0.25, -0.2) is 0 Å². The van der Waals surface area contributed by atoms with Crippen LogP contribution in [0.5, 0.6) is 0 Å². The smallest absolute Gasteiger partial charge is 0.378 e. The van der Waals surface area contributed by atoms with Crippen LogP contribution in [0, 0.1) is 0 Å². The lowest BCUT2D eigenvalue weighted by atomic mass is 10.1. The van der Waals surface area contributed by atoms with Gasteiger partial charge in [0, 0.05) is 5.69 Å². The number of alkyl halides is 6. The van der Waals surface area contributed by atoms with E-state index in [1.165, 1.54) is 4.68 Å². The maximum absolute atomic E-state index is 12.9. The fourth-order valence-corrected chi connectivity index (χ4v) is 2.32. The van der Waals surface area contributed by atoms with E-state index < -0.39 is 23.5 Å². The number of nitrogens with zero attached hydrogens (tertiary/aromatic N) is 4. The fraction of sp³-hybridized carbons (Fsp3) is 0.188. The highest BCUT2D eigenvalue weighted by Crippen LogP contribution is 2.37. The first-order valence-corrected chi connectivity index (χ1v) is 7.50. The number of para-hydroxylation sites is 1. The summed E-state index contributed by atoms with van der Waals surface area (Å²) in [5.74, 6) is 0.215. The first-order valence-electron chi connectivity index (χ1n) is 7.50. The first-order chi connectivity index (χ1) is 12.6. The van der Waals surface area contributed by atoms with Crippen molar-refractivity contribution in [1.29, 1.82) is 0 Å². The lowest BCUT2D eigenvalue weighted by molar-refractivity contribution is -0.143. The Labute approximate surface area is 148 Å². The Balaban J connectivity index is 1.88. The molecule has 0 radical (unpaired) electrons. The number of anilines is 1. The van der Waals surface area contributed by atoms with Crippen molar-refractivity contribution in [1.82, 2.24) is 20.2 Å². The minimum Gasteiger partial charge on any atom is -0.378 e. The summed E-state index contributed by atoms with van der Waals surface area (Å²) < 4.78 is 78.7. The van der Waals surface area contributed by atoms with Crippen LogP contribution in [0.4, 0.5) is 32.0 Å². The van der Waals surface area contributed by atoms with E-state index in [0.717, 1.165) is 0 Å². The molecule has 2 aromatic carbocycles. The molecule has 27 heavy (non-hydrogen) atoms. The zero-order chi connectivity index (χ0) is 19.7. The molecule has 5 nitrogen and oxygen atoms in total. The third kappa shape index (κ3) is 4.36. The SMILES string of the molecule is FC(F)(F)c1cc(NCc2nnnn2-c2ccccc2)cc(C(F)(F)F)c1. The maximum Gasteiger partial charge on any atom is 0.416 e. The van der Waals surface area contributed by atoms with E-state index in [2.05, 4.69) is 20.8 Å². The molecule has 1 N–H and O–H groups in total. The van der Waals surface area contributed by atoms with Crippen LogP contribution in [0.3, 0.4) is 0 Å². The highest BCUT2D eigenvalue weighted by molar-refractivity contribution is 5.50. The number of hydrogen-bond donors (Lipinski definition) is 1. The summed E-state index contributed by atoms with van der Waals surface area (Å²) in [5, 5.41) is 13.5. The summed E-state index contributed by atoms with van der Waals surface area (Å²) >= 11 is 0. The number of benzene rings is 2. The second kappa shape index (κ2) is 6.89. The van der Waals surface area contributed by atoms with Gasteiger partial charge in [-0.15, -0.1) is 5.10 Å². The largest absolute Gasteiger partial charge is 0.416 e. The zero-order valence-corrected chi connectivity index (χ0v) is 13.4. The molecule has 142 valence electrons. The fourth-order valence-electron chi connectivity index (χ4n) is 2.32. The molecule has 11 heteroatoms. The van der Waals surface area contributed by atoms with Gasteiger partial charge < -0.3 is 5.32 Å². The molecule has 1 heterocycles. The van der Waals surface area contributed by atoms with Gasteiger partial charge in [-0.2, -0.15) is 31.0 Å². The van der Waals surface area contributed by atoms with Crippen LogP contribution in [-0.2, 0) is 18.9 Å². The van der Waals surface area contributed by atoms with E-state index in [1.807, 2.05) is 0 Å². The quantitative estimate of drug-likeness (QED) is 0.678. The molecular formula is C16H11F6N5. The summed E-state index contributed by atoms with van der Waals surface area (Å²) in [4.78, 5) is 0. The summed E-state index contributed by atoms with van der Waals surface area (Å²) in [5.41, 5.74) is -2.55. The normalized spacial score (nSPS) is 12.2. The maximum atomic E-state index is 12.9. The van der Waals surface area contributed by atoms with Crippen molar-refractivity contribution in [3.05, 3.63) is 65.5 Å². The van der Waals surface area contributed by atoms with Crippen molar-refractivity contribution in [2.45, 2.75) is 18.9 Å². The summed E-state index contributed by atoms with van der Waals surface area (Å²) in [7, 11) is 0. The van der Waals surface area contributed by atoms with Crippen LogP contribution in [0.2, 0.25) is 0 Å². The molecule has 0 saturated carbocycles. The van der Waals surface area contributed by atoms with Crippen molar-refractivity contribution in [2.75, 3.05) is 5.32 Å². The molecule has 0 fully saturated rings. The predicted octanol–water partition coefficient (Wildman–Crippen LogP) is 4.31. The van der Waals surface area contributed by atoms with Crippen molar-refractivity contribution >= 4 is 5.69 Å². The monoisotopic (exact) mass is 387 g/mol. The standard InChI is InChI=1S/C16H11F6N5/c17-15(18,19)10-6-11(16(20,21)22)8-12(7-10)23-9-14-24-25-26-27(14)13-4-2-1-3-5-13/h1-8,23H,9H2. The van der Waals surface area contributed by atoms with Crippen molar-refractivity contribution in [3.63, 3.8) is 0 Å². The number of halogens is 6. The molecule has 3 rings (SSSR count). The summed E-state index contributed by atoms with van der Waals surface area (Å²) in [6.45, 7) is -0.180. The molecule has 3 aromatic rings. The number of tetrazole rings is 1. The van der Waals surface area contributed by atoms with E-state index >= 15 is 0 Å². The Morgan fingerprint density at radius 2 is 1.44 bits per heavy atom. The second-order valence-electron chi connectivity index (χ2n) is 5.49. The van der Waals surface area contributed by atoms with Gasteiger partial charge in [-0.3, -0.25) is 0 Å². The lowest BCUT2D eigenvalue weighted by Gasteiger charge is -2.15. The molecule has 0 saturated heterocycles. The van der Waals surface area contributed by atoms with Crippen LogP contribution in [-0.4, -0.2) is 20.2 Å². The number of aromatic nitrogens is 4. The van der Waals surface area contributed by atoms with E-state index in [9.17, 15) is 26.3 Å². The van der Waals surface area contributed by atoms with Crippen LogP contribution < -0.4 is 5.32 Å². The van der Waals surface area contributed by atoms with E-state index in [0.29, 0.717) is 17.8 Å². The van der Waals surface area contributed by atoms with Crippen LogP contribution >= 0.6 is 0 Å². The van der Waals surface area contributed by atoms with Gasteiger partial charge in [0.05, 0.1) is 23.4 Å². The summed E-state index contributed by atoms with van der Waals surface area (Å²) in [6.07, 6.45) is -9.83. The highest BCUT2D eigenvalue weighted by Gasteiger charge is 2.36. The molecule has 0 aliphatic heterocycles. The van der Waals surface area contributed by atoms with Gasteiger partial charge in [0.2, 0.25) is 0 Å². The van der Waals surface area contributed by atoms with Gasteiger partial charge in [-0.1, -0.05) is 18.2 Å². The second-order valence-corrected chi connectivity index (χ2v) is 5.49. The topological polar surface area (TPSA) is 55.6 Å². The number of nitrogens with one attached hydrogen (secondary N) is 1. The van der Waals surface area contributed by atoms with E-state index in [-0.39, 0.29) is 24.1 Å². The zero-order valence-electron chi connectivity index (χ0n) is 13.4. The Morgan fingerprint density at radius 3 is 2.00 bits per heavy atom. The van der Waals surface area contributed by atoms with E-state index in [4.69, 9.17) is 0 Å². The first kappa shape index (κ1) is 18.7. The van der Waals surface area contributed by atoms with Gasteiger partial charge in [0.1, 0.15) is 0 Å². The Hall–Kier alpha value is -3.11. The number of hydrogen-bond acceptors (Lipinski definition) is 4. The lowest BCUT2D eigenvalue weighted by Crippen LogP contribution is -2.13. The third-order valence-corrected chi connectivity index (χ3v) is 3.57. The Bertz CT molecular complexity index is 885. The molecule has 0 bridgehead atoms. The highest BCUT2D eigenvalue weighted by atomic mass is 19.4.